The second-order valence-corrected chi connectivity index (χ2v) is 6.83. The predicted octanol–water partition coefficient (Wildman–Crippen LogP) is 1.75. The fraction of sp³-hybridized carbons (Fsp3) is 0.579. The Kier molecular flexibility index (Phi) is 6.52. The lowest BCUT2D eigenvalue weighted by molar-refractivity contribution is 0.0561. The van der Waals surface area contributed by atoms with Gasteiger partial charge in [0.25, 0.3) is 0 Å². The lowest BCUT2D eigenvalue weighted by atomic mass is 9.97. The van der Waals surface area contributed by atoms with Crippen LogP contribution in [0.3, 0.4) is 0 Å². The Bertz CT molecular complexity index is 714. The third-order valence-corrected chi connectivity index (χ3v) is 4.76. The molecule has 1 aliphatic rings. The number of piperidine rings is 1. The maximum absolute atomic E-state index is 10.5. The molecule has 8 heteroatoms. The van der Waals surface area contributed by atoms with Crippen molar-refractivity contribution in [1.29, 1.82) is 0 Å². The highest BCUT2D eigenvalue weighted by atomic mass is 16.5. The fourth-order valence-corrected chi connectivity index (χ4v) is 3.46. The van der Waals surface area contributed by atoms with E-state index in [9.17, 15) is 5.11 Å². The largest absolute Gasteiger partial charge is 0.493 e. The molecule has 148 valence electrons. The number of aliphatic hydroxyl groups is 1. The molecule has 1 aromatic carbocycles. The summed E-state index contributed by atoms with van der Waals surface area (Å²) in [6.45, 7) is 4.40. The van der Waals surface area contributed by atoms with Gasteiger partial charge in [-0.15, -0.1) is 0 Å². The number of aromatic nitrogens is 3. The van der Waals surface area contributed by atoms with Crippen LogP contribution in [0.15, 0.2) is 18.2 Å². The van der Waals surface area contributed by atoms with Gasteiger partial charge >= 0.3 is 0 Å². The van der Waals surface area contributed by atoms with Crippen LogP contribution in [-0.2, 0) is 0 Å². The van der Waals surface area contributed by atoms with E-state index in [-0.39, 0.29) is 6.61 Å². The van der Waals surface area contributed by atoms with E-state index in [1.807, 2.05) is 13.0 Å². The van der Waals surface area contributed by atoms with E-state index < -0.39 is 6.10 Å². The molecule has 27 heavy (non-hydrogen) atoms. The van der Waals surface area contributed by atoms with Gasteiger partial charge in [-0.3, -0.25) is 10.00 Å². The molecule has 1 saturated heterocycles. The third-order valence-electron chi connectivity index (χ3n) is 4.76. The van der Waals surface area contributed by atoms with Crippen LogP contribution in [0.4, 0.5) is 0 Å². The zero-order valence-corrected chi connectivity index (χ0v) is 16.1. The summed E-state index contributed by atoms with van der Waals surface area (Å²) >= 11 is 0. The number of β-amino-alcohol motifs (C(OH)–C–C–N with tert-alkyl or cyclic N) is 1. The van der Waals surface area contributed by atoms with Crippen LogP contribution in [-0.4, -0.2) is 71.8 Å². The quantitative estimate of drug-likeness (QED) is 0.725. The Labute approximate surface area is 159 Å². The number of methoxy groups -OCH3 is 2. The molecule has 0 spiro atoms. The Morgan fingerprint density at radius 2 is 2.04 bits per heavy atom. The molecule has 8 nitrogen and oxygen atoms in total. The average molecular weight is 376 g/mol. The minimum absolute atomic E-state index is 0.164. The summed E-state index contributed by atoms with van der Waals surface area (Å²) in [7, 11) is 3.16. The van der Waals surface area contributed by atoms with Crippen LogP contribution in [0.1, 0.15) is 30.4 Å². The van der Waals surface area contributed by atoms with E-state index in [1.165, 1.54) is 0 Å². The van der Waals surface area contributed by atoms with Crippen molar-refractivity contribution in [2.45, 2.75) is 31.8 Å². The van der Waals surface area contributed by atoms with Gasteiger partial charge in [0.1, 0.15) is 18.5 Å². The van der Waals surface area contributed by atoms with Crippen LogP contribution in [0.25, 0.3) is 0 Å². The zero-order valence-electron chi connectivity index (χ0n) is 16.1. The molecule has 3 rings (SSSR count). The summed E-state index contributed by atoms with van der Waals surface area (Å²) in [5, 5.41) is 17.7. The molecule has 2 heterocycles. The molecule has 0 aliphatic carbocycles. The topological polar surface area (TPSA) is 92.7 Å². The summed E-state index contributed by atoms with van der Waals surface area (Å²) in [6.07, 6.45) is 1.51. The first-order chi connectivity index (χ1) is 13.1. The normalized spacial score (nSPS) is 18.9. The van der Waals surface area contributed by atoms with Crippen LogP contribution in [0, 0.1) is 6.92 Å². The Morgan fingerprint density at radius 1 is 1.30 bits per heavy atom. The van der Waals surface area contributed by atoms with Gasteiger partial charge in [0.2, 0.25) is 5.75 Å². The summed E-state index contributed by atoms with van der Waals surface area (Å²) in [6, 6.07) is 5.44. The molecule has 2 unspecified atom stereocenters. The van der Waals surface area contributed by atoms with Gasteiger partial charge in [-0.05, 0) is 38.4 Å². The SMILES string of the molecule is COc1cccc(OC)c1OCC(O)CN1CCCC(c2n[nH]c(C)n2)C1. The molecule has 0 amide bonds. The van der Waals surface area contributed by atoms with Crippen molar-refractivity contribution in [3.05, 3.63) is 29.8 Å². The van der Waals surface area contributed by atoms with Crippen LogP contribution < -0.4 is 14.2 Å². The highest BCUT2D eigenvalue weighted by molar-refractivity contribution is 5.51. The van der Waals surface area contributed by atoms with Gasteiger partial charge in [0, 0.05) is 19.0 Å². The molecule has 0 saturated carbocycles. The summed E-state index contributed by atoms with van der Waals surface area (Å²) in [5.74, 6) is 3.67. The number of likely N-dealkylation sites (tertiary alicyclic amines) is 1. The molecule has 2 atom stereocenters. The number of nitrogens with one attached hydrogen (secondary N) is 1. The van der Waals surface area contributed by atoms with E-state index in [4.69, 9.17) is 14.2 Å². The molecule has 2 aromatic rings. The number of hydrogen-bond donors (Lipinski definition) is 2. The average Bonchev–Trinajstić information content (AvgIpc) is 3.12. The third kappa shape index (κ3) is 4.90. The van der Waals surface area contributed by atoms with Crippen molar-refractivity contribution in [2.24, 2.45) is 0 Å². The summed E-state index contributed by atoms with van der Waals surface area (Å²) in [4.78, 5) is 6.70. The molecule has 1 aromatic heterocycles. The zero-order chi connectivity index (χ0) is 19.2. The maximum atomic E-state index is 10.5. The standard InChI is InChI=1S/C19H28N4O4/c1-13-20-19(22-21-13)14-6-5-9-23(10-14)11-15(24)12-27-18-16(25-2)7-4-8-17(18)26-3/h4,7-8,14-15,24H,5-6,9-12H2,1-3H3,(H,20,21,22). The van der Waals surface area contributed by atoms with Crippen molar-refractivity contribution in [3.63, 3.8) is 0 Å². The molecule has 0 bridgehead atoms. The molecular formula is C19H28N4O4. The van der Waals surface area contributed by atoms with E-state index in [1.54, 1.807) is 26.4 Å². The first-order valence-electron chi connectivity index (χ1n) is 9.23. The van der Waals surface area contributed by atoms with E-state index in [0.717, 1.165) is 37.6 Å². The number of H-pyrrole nitrogens is 1. The smallest absolute Gasteiger partial charge is 0.203 e. The Morgan fingerprint density at radius 3 is 2.67 bits per heavy atom. The molecular weight excluding hydrogens is 348 g/mol. The van der Waals surface area contributed by atoms with E-state index >= 15 is 0 Å². The highest BCUT2D eigenvalue weighted by Gasteiger charge is 2.26. The van der Waals surface area contributed by atoms with Crippen LogP contribution in [0.5, 0.6) is 17.2 Å². The second kappa shape index (κ2) is 9.05. The number of aromatic amines is 1. The van der Waals surface area contributed by atoms with Crippen LogP contribution >= 0.6 is 0 Å². The van der Waals surface area contributed by atoms with Gasteiger partial charge in [0.15, 0.2) is 17.3 Å². The first kappa shape index (κ1) is 19.4. The second-order valence-electron chi connectivity index (χ2n) is 6.83. The lowest BCUT2D eigenvalue weighted by Gasteiger charge is -2.32. The van der Waals surface area contributed by atoms with Gasteiger partial charge in [-0.25, -0.2) is 4.98 Å². The first-order valence-corrected chi connectivity index (χ1v) is 9.23. The number of rotatable bonds is 8. The lowest BCUT2D eigenvalue weighted by Crippen LogP contribution is -2.41. The summed E-state index contributed by atoms with van der Waals surface area (Å²) in [5.41, 5.74) is 0. The number of ether oxygens (including phenoxy) is 3. The van der Waals surface area contributed by atoms with Gasteiger partial charge in [0.05, 0.1) is 14.2 Å². The molecule has 0 radical (unpaired) electrons. The minimum atomic E-state index is -0.618. The van der Waals surface area contributed by atoms with Crippen LogP contribution in [0.2, 0.25) is 0 Å². The number of para-hydroxylation sites is 1. The van der Waals surface area contributed by atoms with E-state index in [2.05, 4.69) is 20.1 Å². The van der Waals surface area contributed by atoms with Crippen molar-refractivity contribution in [1.82, 2.24) is 20.1 Å². The molecule has 1 aliphatic heterocycles. The van der Waals surface area contributed by atoms with Crippen molar-refractivity contribution >= 4 is 0 Å². The summed E-state index contributed by atoms with van der Waals surface area (Å²) < 4.78 is 16.5. The number of aryl methyl sites for hydroxylation is 1. The van der Waals surface area contributed by atoms with Crippen molar-refractivity contribution < 1.29 is 19.3 Å². The number of hydrogen-bond acceptors (Lipinski definition) is 7. The van der Waals surface area contributed by atoms with E-state index in [0.29, 0.717) is 29.7 Å². The molecule has 2 N–H and O–H groups in total. The maximum Gasteiger partial charge on any atom is 0.203 e. The van der Waals surface area contributed by atoms with Gasteiger partial charge in [-0.1, -0.05) is 6.07 Å². The minimum Gasteiger partial charge on any atom is -0.493 e. The van der Waals surface area contributed by atoms with Gasteiger partial charge in [-0.2, -0.15) is 5.10 Å². The van der Waals surface area contributed by atoms with Gasteiger partial charge < -0.3 is 19.3 Å². The Balaban J connectivity index is 1.54. The number of aliphatic hydroxyl groups excluding tert-OH is 1. The fourth-order valence-electron chi connectivity index (χ4n) is 3.46. The molecule has 1 fully saturated rings. The Hall–Kier alpha value is -2.32. The number of benzene rings is 1. The monoisotopic (exact) mass is 376 g/mol. The highest BCUT2D eigenvalue weighted by Crippen LogP contribution is 2.36. The number of nitrogens with zero attached hydrogens (tertiary/aromatic N) is 3. The van der Waals surface area contributed by atoms with Crippen molar-refractivity contribution in [2.75, 3.05) is 40.5 Å². The van der Waals surface area contributed by atoms with Crippen molar-refractivity contribution in [3.8, 4) is 17.2 Å². The predicted molar refractivity (Wildman–Crippen MR) is 101 cm³/mol.